The van der Waals surface area contributed by atoms with Gasteiger partial charge in [0.05, 0.1) is 11.6 Å². The largest absolute Gasteiger partial charge is 0.454 e. The molecule has 2 aromatic carbocycles. The van der Waals surface area contributed by atoms with Gasteiger partial charge in [0.1, 0.15) is 5.82 Å². The molecule has 152 valence electrons. The first kappa shape index (κ1) is 18.6. The molecule has 0 radical (unpaired) electrons. The number of rotatable bonds is 4. The Bertz CT molecular complexity index is 1160. The van der Waals surface area contributed by atoms with Crippen molar-refractivity contribution in [1.29, 1.82) is 0 Å². The number of thiazole rings is 1. The quantitative estimate of drug-likeness (QED) is 0.661. The number of carbonyl (C=O) groups excluding carboxylic acids is 2. The van der Waals surface area contributed by atoms with Crippen LogP contribution in [-0.4, -0.2) is 23.6 Å². The second kappa shape index (κ2) is 7.42. The second-order valence-electron chi connectivity index (χ2n) is 6.94. The van der Waals surface area contributed by atoms with Gasteiger partial charge in [0, 0.05) is 16.1 Å². The highest BCUT2D eigenvalue weighted by molar-refractivity contribution is 7.16. The van der Waals surface area contributed by atoms with Gasteiger partial charge in [-0.05, 0) is 49.2 Å². The van der Waals surface area contributed by atoms with Crippen molar-refractivity contribution in [2.75, 3.05) is 17.4 Å². The van der Waals surface area contributed by atoms with Crippen LogP contribution in [0.3, 0.4) is 0 Å². The van der Waals surface area contributed by atoms with Crippen molar-refractivity contribution in [3.05, 3.63) is 64.4 Å². The number of carbonyl (C=O) groups is 2. The monoisotopic (exact) mass is 425 g/mol. The summed E-state index contributed by atoms with van der Waals surface area (Å²) in [6.45, 7) is 0.138. The van der Waals surface area contributed by atoms with E-state index in [0.717, 1.165) is 4.88 Å². The minimum Gasteiger partial charge on any atom is -0.454 e. The first-order valence-electron chi connectivity index (χ1n) is 9.34. The third-order valence-electron chi connectivity index (χ3n) is 4.98. The van der Waals surface area contributed by atoms with Gasteiger partial charge in [-0.25, -0.2) is 9.37 Å². The van der Waals surface area contributed by atoms with Crippen LogP contribution in [0.15, 0.2) is 42.5 Å². The maximum atomic E-state index is 13.4. The molecule has 1 aliphatic heterocycles. The van der Waals surface area contributed by atoms with E-state index in [2.05, 4.69) is 15.6 Å². The molecule has 1 aromatic heterocycles. The molecule has 0 spiro atoms. The number of hydrogen-bond donors (Lipinski definition) is 2. The zero-order chi connectivity index (χ0) is 20.7. The molecule has 2 heterocycles. The van der Waals surface area contributed by atoms with Crippen molar-refractivity contribution >= 4 is 34.0 Å². The van der Waals surface area contributed by atoms with Gasteiger partial charge in [-0.1, -0.05) is 6.07 Å². The van der Waals surface area contributed by atoms with E-state index in [0.29, 0.717) is 46.4 Å². The van der Waals surface area contributed by atoms with Crippen LogP contribution in [0.2, 0.25) is 0 Å². The van der Waals surface area contributed by atoms with Gasteiger partial charge in [-0.15, -0.1) is 11.3 Å². The fourth-order valence-corrected chi connectivity index (χ4v) is 4.57. The van der Waals surface area contributed by atoms with Crippen LogP contribution < -0.4 is 20.1 Å². The van der Waals surface area contributed by atoms with Gasteiger partial charge in [0.15, 0.2) is 16.6 Å². The van der Waals surface area contributed by atoms with Gasteiger partial charge in [0.25, 0.3) is 5.91 Å². The summed E-state index contributed by atoms with van der Waals surface area (Å²) in [6, 6.07) is 10.7. The van der Waals surface area contributed by atoms with E-state index in [9.17, 15) is 14.0 Å². The van der Waals surface area contributed by atoms with E-state index >= 15 is 0 Å². The molecular weight excluding hydrogens is 409 g/mol. The SMILES string of the molecule is O=C(Nc1nc2c(s1)CCC2C(=O)Nc1cccc(F)c1)c1ccc2c(c1)OCO2. The fraction of sp³-hybridized carbons (Fsp3) is 0.190. The van der Waals surface area contributed by atoms with Gasteiger partial charge >= 0.3 is 0 Å². The van der Waals surface area contributed by atoms with Crippen molar-refractivity contribution in [1.82, 2.24) is 4.98 Å². The summed E-state index contributed by atoms with van der Waals surface area (Å²) >= 11 is 1.36. The maximum absolute atomic E-state index is 13.4. The third-order valence-corrected chi connectivity index (χ3v) is 6.03. The lowest BCUT2D eigenvalue weighted by atomic mass is 10.1. The lowest BCUT2D eigenvalue weighted by Gasteiger charge is -2.10. The lowest BCUT2D eigenvalue weighted by molar-refractivity contribution is -0.117. The molecule has 0 saturated carbocycles. The molecule has 7 nitrogen and oxygen atoms in total. The van der Waals surface area contributed by atoms with Crippen molar-refractivity contribution in [3.63, 3.8) is 0 Å². The molecule has 2 amide bonds. The second-order valence-corrected chi connectivity index (χ2v) is 8.02. The number of aryl methyl sites for hydroxylation is 1. The Morgan fingerprint density at radius 1 is 1.10 bits per heavy atom. The summed E-state index contributed by atoms with van der Waals surface area (Å²) in [6.07, 6.45) is 1.33. The molecule has 2 N–H and O–H groups in total. The molecule has 0 saturated heterocycles. The highest BCUT2D eigenvalue weighted by Gasteiger charge is 2.33. The molecule has 9 heteroatoms. The number of nitrogens with one attached hydrogen (secondary N) is 2. The number of anilines is 2. The zero-order valence-electron chi connectivity index (χ0n) is 15.6. The Morgan fingerprint density at radius 2 is 1.97 bits per heavy atom. The topological polar surface area (TPSA) is 89.6 Å². The molecule has 0 bridgehead atoms. The van der Waals surface area contributed by atoms with E-state index in [-0.39, 0.29) is 18.6 Å². The molecule has 3 aromatic rings. The summed E-state index contributed by atoms with van der Waals surface area (Å²) < 4.78 is 23.9. The molecule has 2 aliphatic rings. The number of hydrogen-bond acceptors (Lipinski definition) is 6. The summed E-state index contributed by atoms with van der Waals surface area (Å²) in [7, 11) is 0. The fourth-order valence-electron chi connectivity index (χ4n) is 3.54. The van der Waals surface area contributed by atoms with Gasteiger partial charge in [-0.3, -0.25) is 14.9 Å². The molecule has 1 aliphatic carbocycles. The van der Waals surface area contributed by atoms with E-state index in [1.807, 2.05) is 0 Å². The summed E-state index contributed by atoms with van der Waals surface area (Å²) in [5, 5.41) is 5.96. The van der Waals surface area contributed by atoms with Crippen molar-refractivity contribution in [3.8, 4) is 11.5 Å². The van der Waals surface area contributed by atoms with Crippen LogP contribution in [0.25, 0.3) is 0 Å². The minimum absolute atomic E-state index is 0.138. The number of fused-ring (bicyclic) bond motifs is 2. The van der Waals surface area contributed by atoms with Crippen LogP contribution in [0.1, 0.15) is 33.3 Å². The summed E-state index contributed by atoms with van der Waals surface area (Å²) in [5.74, 6) is -0.275. The third kappa shape index (κ3) is 3.48. The van der Waals surface area contributed by atoms with E-state index < -0.39 is 11.7 Å². The van der Waals surface area contributed by atoms with E-state index in [4.69, 9.17) is 9.47 Å². The van der Waals surface area contributed by atoms with Crippen LogP contribution in [0.5, 0.6) is 11.5 Å². The van der Waals surface area contributed by atoms with Crippen LogP contribution >= 0.6 is 11.3 Å². The number of halogens is 1. The summed E-state index contributed by atoms with van der Waals surface area (Å²) in [5.41, 5.74) is 1.49. The van der Waals surface area contributed by atoms with Crippen LogP contribution in [0.4, 0.5) is 15.2 Å². The molecule has 1 atom stereocenters. The maximum Gasteiger partial charge on any atom is 0.257 e. The summed E-state index contributed by atoms with van der Waals surface area (Å²) in [4.78, 5) is 30.7. The molecule has 30 heavy (non-hydrogen) atoms. The first-order valence-corrected chi connectivity index (χ1v) is 10.2. The predicted octanol–water partition coefficient (Wildman–Crippen LogP) is 3.93. The van der Waals surface area contributed by atoms with Crippen LogP contribution in [0, 0.1) is 5.82 Å². The van der Waals surface area contributed by atoms with E-state index in [1.165, 1.54) is 29.5 Å². The van der Waals surface area contributed by atoms with E-state index in [1.54, 1.807) is 24.3 Å². The number of aromatic nitrogens is 1. The van der Waals surface area contributed by atoms with Crippen LogP contribution in [-0.2, 0) is 11.2 Å². The Labute approximate surface area is 174 Å². The Balaban J connectivity index is 1.29. The predicted molar refractivity (Wildman–Crippen MR) is 109 cm³/mol. The standard InChI is InChI=1S/C21H16FN3O4S/c22-12-2-1-3-13(9-12)23-20(27)14-5-7-17-18(14)24-21(30-17)25-19(26)11-4-6-15-16(8-11)29-10-28-15/h1-4,6,8-9,14H,5,7,10H2,(H,23,27)(H,24,25,26). The Kier molecular flexibility index (Phi) is 4.59. The number of nitrogens with zero attached hydrogens (tertiary/aromatic N) is 1. The normalized spacial score (nSPS) is 16.2. The van der Waals surface area contributed by atoms with Gasteiger partial charge < -0.3 is 14.8 Å². The average molecular weight is 425 g/mol. The molecule has 5 rings (SSSR count). The van der Waals surface area contributed by atoms with Crippen molar-refractivity contribution in [2.45, 2.75) is 18.8 Å². The van der Waals surface area contributed by atoms with Gasteiger partial charge in [-0.2, -0.15) is 0 Å². The van der Waals surface area contributed by atoms with Crippen molar-refractivity contribution < 1.29 is 23.5 Å². The number of amides is 2. The van der Waals surface area contributed by atoms with Gasteiger partial charge in [0.2, 0.25) is 12.7 Å². The zero-order valence-corrected chi connectivity index (χ0v) is 16.4. The number of ether oxygens (including phenoxy) is 2. The minimum atomic E-state index is -0.435. The number of benzene rings is 2. The molecule has 1 unspecified atom stereocenters. The molecular formula is C21H16FN3O4S. The highest BCUT2D eigenvalue weighted by Crippen LogP contribution is 2.39. The Hall–Kier alpha value is -3.46. The highest BCUT2D eigenvalue weighted by atomic mass is 32.1. The Morgan fingerprint density at radius 3 is 2.83 bits per heavy atom. The first-order chi connectivity index (χ1) is 14.6. The average Bonchev–Trinajstić information content (AvgIpc) is 3.42. The molecule has 0 fully saturated rings. The van der Waals surface area contributed by atoms with Crippen molar-refractivity contribution in [2.24, 2.45) is 0 Å². The smallest absolute Gasteiger partial charge is 0.257 e. The lowest BCUT2D eigenvalue weighted by Crippen LogP contribution is -2.20.